The highest BCUT2D eigenvalue weighted by atomic mass is 32.2. The van der Waals surface area contributed by atoms with Crippen molar-refractivity contribution in [1.82, 2.24) is 9.97 Å². The predicted molar refractivity (Wildman–Crippen MR) is 128 cm³/mol. The smallest absolute Gasteiger partial charge is 0.257 e. The average molecular weight is 459 g/mol. The zero-order valence-electron chi connectivity index (χ0n) is 18.0. The fourth-order valence-electron chi connectivity index (χ4n) is 4.04. The van der Waals surface area contributed by atoms with Crippen molar-refractivity contribution >= 4 is 38.2 Å². The third-order valence-corrected chi connectivity index (χ3v) is 7.53. The molecule has 0 radical (unpaired) electrons. The summed E-state index contributed by atoms with van der Waals surface area (Å²) in [5.41, 5.74) is 3.57. The Morgan fingerprint density at radius 2 is 1.91 bits per heavy atom. The molecule has 0 atom stereocenters. The van der Waals surface area contributed by atoms with Crippen LogP contribution in [0.1, 0.15) is 21.5 Å². The minimum absolute atomic E-state index is 0.00495. The Balaban J connectivity index is 1.58. The van der Waals surface area contributed by atoms with Crippen molar-refractivity contribution in [3.05, 3.63) is 89.7 Å². The molecule has 0 spiro atoms. The molecule has 7 nitrogen and oxygen atoms in total. The quantitative estimate of drug-likeness (QED) is 0.499. The first-order chi connectivity index (χ1) is 15.9. The van der Waals surface area contributed by atoms with E-state index in [9.17, 15) is 13.2 Å². The van der Waals surface area contributed by atoms with Gasteiger partial charge in [-0.1, -0.05) is 29.8 Å². The van der Waals surface area contributed by atoms with Gasteiger partial charge in [0.2, 0.25) is 0 Å². The van der Waals surface area contributed by atoms with Crippen LogP contribution in [0, 0.1) is 6.92 Å². The summed E-state index contributed by atoms with van der Waals surface area (Å²) in [4.78, 5) is 24.0. The summed E-state index contributed by atoms with van der Waals surface area (Å²) in [6, 6.07) is 18.2. The molecule has 33 heavy (non-hydrogen) atoms. The van der Waals surface area contributed by atoms with Crippen LogP contribution in [0.25, 0.3) is 10.9 Å². The Labute approximate surface area is 192 Å². The van der Waals surface area contributed by atoms with Crippen LogP contribution in [0.15, 0.2) is 78.0 Å². The van der Waals surface area contributed by atoms with Gasteiger partial charge in [-0.15, -0.1) is 0 Å². The molecule has 1 aliphatic heterocycles. The molecule has 166 valence electrons. The number of amides is 1. The molecule has 8 heteroatoms. The van der Waals surface area contributed by atoms with Gasteiger partial charge >= 0.3 is 0 Å². The standard InChI is InChI=1S/C25H22N4O3S/c1-17-8-9-21-20(13-17)22(28-25(30)18-6-4-10-26-15-18)14-24(27-21)29-11-12-33(31,32)23-7-3-2-5-19(23)16-29/h2-10,13-15H,11-12,16H2,1H3,(H,27,28,30). The Hall–Kier alpha value is -3.78. The van der Waals surface area contributed by atoms with E-state index in [1.807, 2.05) is 48.2 Å². The van der Waals surface area contributed by atoms with Crippen molar-refractivity contribution in [3.63, 3.8) is 0 Å². The summed E-state index contributed by atoms with van der Waals surface area (Å²) in [5, 5.41) is 3.81. The van der Waals surface area contributed by atoms with Gasteiger partial charge in [0.25, 0.3) is 5.91 Å². The Bertz CT molecular complexity index is 1470. The second kappa shape index (κ2) is 8.29. The number of aromatic nitrogens is 2. The second-order valence-corrected chi connectivity index (χ2v) is 10.2. The highest BCUT2D eigenvalue weighted by Crippen LogP contribution is 2.31. The van der Waals surface area contributed by atoms with Crippen LogP contribution in [0.5, 0.6) is 0 Å². The molecule has 1 N–H and O–H groups in total. The molecule has 0 fully saturated rings. The van der Waals surface area contributed by atoms with E-state index < -0.39 is 9.84 Å². The molecule has 5 rings (SSSR count). The average Bonchev–Trinajstić information content (AvgIpc) is 2.96. The first kappa shape index (κ1) is 21.1. The first-order valence-corrected chi connectivity index (χ1v) is 12.2. The maximum absolute atomic E-state index is 12.9. The number of rotatable bonds is 3. The fourth-order valence-corrected chi connectivity index (χ4v) is 5.54. The second-order valence-electron chi connectivity index (χ2n) is 8.09. The molecule has 0 aliphatic carbocycles. The van der Waals surface area contributed by atoms with E-state index in [2.05, 4.69) is 10.3 Å². The van der Waals surface area contributed by atoms with Gasteiger partial charge in [0.1, 0.15) is 5.82 Å². The number of anilines is 2. The Morgan fingerprint density at radius 3 is 2.73 bits per heavy atom. The number of hydrogen-bond acceptors (Lipinski definition) is 6. The molecule has 0 bridgehead atoms. The summed E-state index contributed by atoms with van der Waals surface area (Å²) in [6.07, 6.45) is 3.13. The molecular weight excluding hydrogens is 436 g/mol. The van der Waals surface area contributed by atoms with Crippen molar-refractivity contribution in [3.8, 4) is 0 Å². The van der Waals surface area contributed by atoms with Crippen molar-refractivity contribution < 1.29 is 13.2 Å². The first-order valence-electron chi connectivity index (χ1n) is 10.6. The number of nitrogens with one attached hydrogen (secondary N) is 1. The summed E-state index contributed by atoms with van der Waals surface area (Å²) in [7, 11) is -3.38. The van der Waals surface area contributed by atoms with E-state index in [1.54, 1.807) is 30.5 Å². The van der Waals surface area contributed by atoms with Crippen molar-refractivity contribution in [2.24, 2.45) is 0 Å². The summed E-state index contributed by atoms with van der Waals surface area (Å²) >= 11 is 0. The third kappa shape index (κ3) is 4.17. The van der Waals surface area contributed by atoms with Crippen LogP contribution < -0.4 is 10.2 Å². The number of carbonyl (C=O) groups is 1. The number of carbonyl (C=O) groups excluding carboxylic acids is 1. The van der Waals surface area contributed by atoms with E-state index in [-0.39, 0.29) is 11.7 Å². The molecule has 0 unspecified atom stereocenters. The fraction of sp³-hybridized carbons (Fsp3) is 0.160. The van der Waals surface area contributed by atoms with Gasteiger partial charge in [-0.05, 0) is 42.8 Å². The largest absolute Gasteiger partial charge is 0.351 e. The number of sulfone groups is 1. The molecule has 3 heterocycles. The van der Waals surface area contributed by atoms with E-state index in [0.717, 1.165) is 22.0 Å². The van der Waals surface area contributed by atoms with Gasteiger partial charge in [-0.2, -0.15) is 0 Å². The highest BCUT2D eigenvalue weighted by Gasteiger charge is 2.26. The van der Waals surface area contributed by atoms with Gasteiger partial charge in [0, 0.05) is 36.9 Å². The zero-order chi connectivity index (χ0) is 23.0. The van der Waals surface area contributed by atoms with Gasteiger partial charge in [-0.25, -0.2) is 13.4 Å². The van der Waals surface area contributed by atoms with Crippen molar-refractivity contribution in [1.29, 1.82) is 0 Å². The summed E-state index contributed by atoms with van der Waals surface area (Å²) in [6.45, 7) is 2.70. The number of benzene rings is 2. The van der Waals surface area contributed by atoms with Crippen LogP contribution in [0.4, 0.5) is 11.5 Å². The summed E-state index contributed by atoms with van der Waals surface area (Å²) in [5.74, 6) is 0.334. The molecule has 0 saturated carbocycles. The van der Waals surface area contributed by atoms with Crippen LogP contribution in [0.2, 0.25) is 0 Å². The molecule has 1 aliphatic rings. The number of aryl methyl sites for hydroxylation is 1. The summed E-state index contributed by atoms with van der Waals surface area (Å²) < 4.78 is 25.6. The van der Waals surface area contributed by atoms with Crippen LogP contribution in [-0.4, -0.2) is 36.6 Å². The number of nitrogens with zero attached hydrogens (tertiary/aromatic N) is 3. The van der Waals surface area contributed by atoms with E-state index in [0.29, 0.717) is 35.1 Å². The van der Waals surface area contributed by atoms with Crippen LogP contribution >= 0.6 is 0 Å². The topological polar surface area (TPSA) is 92.3 Å². The number of pyridine rings is 2. The monoisotopic (exact) mass is 458 g/mol. The molecule has 2 aromatic carbocycles. The third-order valence-electron chi connectivity index (χ3n) is 5.75. The van der Waals surface area contributed by atoms with Crippen molar-refractivity contribution in [2.75, 3.05) is 22.5 Å². The Kier molecular flexibility index (Phi) is 5.30. The van der Waals surface area contributed by atoms with Crippen LogP contribution in [-0.2, 0) is 16.4 Å². The molecular formula is C25H22N4O3S. The lowest BCUT2D eigenvalue weighted by molar-refractivity contribution is 0.102. The number of fused-ring (bicyclic) bond motifs is 2. The van der Waals surface area contributed by atoms with E-state index in [1.165, 1.54) is 6.20 Å². The molecule has 4 aromatic rings. The van der Waals surface area contributed by atoms with Crippen molar-refractivity contribution in [2.45, 2.75) is 18.4 Å². The van der Waals surface area contributed by atoms with Gasteiger partial charge < -0.3 is 10.2 Å². The SMILES string of the molecule is Cc1ccc2nc(N3CCS(=O)(=O)c4ccccc4C3)cc(NC(=O)c3cccnc3)c2c1. The predicted octanol–water partition coefficient (Wildman–Crippen LogP) is 3.98. The molecule has 0 saturated heterocycles. The molecule has 2 aromatic heterocycles. The lowest BCUT2D eigenvalue weighted by Crippen LogP contribution is -2.26. The van der Waals surface area contributed by atoms with Gasteiger partial charge in [0.15, 0.2) is 9.84 Å². The maximum atomic E-state index is 12.9. The van der Waals surface area contributed by atoms with Crippen LogP contribution in [0.3, 0.4) is 0 Å². The van der Waals surface area contributed by atoms with Gasteiger partial charge in [-0.3, -0.25) is 9.78 Å². The minimum Gasteiger partial charge on any atom is -0.351 e. The maximum Gasteiger partial charge on any atom is 0.257 e. The number of hydrogen-bond donors (Lipinski definition) is 1. The van der Waals surface area contributed by atoms with E-state index in [4.69, 9.17) is 4.98 Å². The highest BCUT2D eigenvalue weighted by molar-refractivity contribution is 7.91. The van der Waals surface area contributed by atoms with Gasteiger partial charge in [0.05, 0.1) is 27.4 Å². The zero-order valence-corrected chi connectivity index (χ0v) is 18.8. The minimum atomic E-state index is -3.38. The lowest BCUT2D eigenvalue weighted by atomic mass is 10.1. The normalized spacial score (nSPS) is 15.0. The molecule has 1 amide bonds. The lowest BCUT2D eigenvalue weighted by Gasteiger charge is -2.23. The Morgan fingerprint density at radius 1 is 1.06 bits per heavy atom. The van der Waals surface area contributed by atoms with E-state index >= 15 is 0 Å².